The second-order valence-corrected chi connectivity index (χ2v) is 6.16. The normalized spacial score (nSPS) is 10.6. The van der Waals surface area contributed by atoms with Crippen LogP contribution in [0.1, 0.15) is 20.1 Å². The molecule has 0 aliphatic carbocycles. The van der Waals surface area contributed by atoms with Crippen LogP contribution in [0.5, 0.6) is 0 Å². The molecule has 2 rings (SSSR count). The Morgan fingerprint density at radius 3 is 2.47 bits per heavy atom. The molecule has 0 spiro atoms. The summed E-state index contributed by atoms with van der Waals surface area (Å²) in [4.78, 5) is 13.4. The first-order valence-electron chi connectivity index (χ1n) is 5.41. The maximum Gasteiger partial charge on any atom is 0.265 e. The summed E-state index contributed by atoms with van der Waals surface area (Å²) in [6.07, 6.45) is 0. The molecule has 0 bridgehead atoms. The standard InChI is InChI=1S/C13H10BrF2NOS/c1-6-3-12(19-7(6)2)13(18)17-11-5-9(15)8(14)4-10(11)16/h3-5H,1-2H3,(H,17,18). The molecule has 0 atom stereocenters. The number of aryl methyl sites for hydroxylation is 2. The van der Waals surface area contributed by atoms with Crippen LogP contribution in [0.15, 0.2) is 22.7 Å². The van der Waals surface area contributed by atoms with Gasteiger partial charge in [-0.15, -0.1) is 11.3 Å². The van der Waals surface area contributed by atoms with Crippen molar-refractivity contribution in [3.05, 3.63) is 49.6 Å². The topological polar surface area (TPSA) is 29.1 Å². The minimum Gasteiger partial charge on any atom is -0.319 e. The molecule has 0 saturated heterocycles. The number of thiophene rings is 1. The zero-order valence-electron chi connectivity index (χ0n) is 10.2. The summed E-state index contributed by atoms with van der Waals surface area (Å²) in [6.45, 7) is 3.79. The maximum atomic E-state index is 13.6. The number of carbonyl (C=O) groups is 1. The first-order chi connectivity index (χ1) is 8.88. The van der Waals surface area contributed by atoms with Crippen molar-refractivity contribution in [1.82, 2.24) is 0 Å². The van der Waals surface area contributed by atoms with Crippen LogP contribution in [0.25, 0.3) is 0 Å². The Kier molecular flexibility index (Phi) is 4.01. The van der Waals surface area contributed by atoms with Gasteiger partial charge in [-0.05, 0) is 47.5 Å². The van der Waals surface area contributed by atoms with E-state index in [-0.39, 0.29) is 10.2 Å². The van der Waals surface area contributed by atoms with Crippen molar-refractivity contribution in [2.24, 2.45) is 0 Å². The summed E-state index contributed by atoms with van der Waals surface area (Å²) in [7, 11) is 0. The van der Waals surface area contributed by atoms with Crippen molar-refractivity contribution in [3.8, 4) is 0 Å². The second kappa shape index (κ2) is 5.38. The molecule has 19 heavy (non-hydrogen) atoms. The lowest BCUT2D eigenvalue weighted by atomic mass is 10.2. The van der Waals surface area contributed by atoms with Gasteiger partial charge in [0.2, 0.25) is 0 Å². The molecule has 0 saturated carbocycles. The number of nitrogens with one attached hydrogen (secondary N) is 1. The summed E-state index contributed by atoms with van der Waals surface area (Å²) < 4.78 is 26.9. The van der Waals surface area contributed by atoms with E-state index in [4.69, 9.17) is 0 Å². The second-order valence-electron chi connectivity index (χ2n) is 4.05. The monoisotopic (exact) mass is 345 g/mol. The van der Waals surface area contributed by atoms with Gasteiger partial charge in [-0.2, -0.15) is 0 Å². The fraction of sp³-hybridized carbons (Fsp3) is 0.154. The van der Waals surface area contributed by atoms with Gasteiger partial charge < -0.3 is 5.32 Å². The summed E-state index contributed by atoms with van der Waals surface area (Å²) in [5, 5.41) is 2.37. The van der Waals surface area contributed by atoms with Gasteiger partial charge in [0, 0.05) is 10.9 Å². The van der Waals surface area contributed by atoms with Gasteiger partial charge in [-0.25, -0.2) is 8.78 Å². The van der Waals surface area contributed by atoms with Gasteiger partial charge in [-0.1, -0.05) is 0 Å². The highest BCUT2D eigenvalue weighted by molar-refractivity contribution is 9.10. The van der Waals surface area contributed by atoms with Gasteiger partial charge in [-0.3, -0.25) is 4.79 Å². The van der Waals surface area contributed by atoms with Crippen molar-refractivity contribution >= 4 is 38.9 Å². The predicted molar refractivity (Wildman–Crippen MR) is 75.8 cm³/mol. The number of amides is 1. The number of hydrogen-bond acceptors (Lipinski definition) is 2. The van der Waals surface area contributed by atoms with E-state index in [0.29, 0.717) is 4.88 Å². The van der Waals surface area contributed by atoms with E-state index in [1.54, 1.807) is 6.07 Å². The highest BCUT2D eigenvalue weighted by Gasteiger charge is 2.14. The van der Waals surface area contributed by atoms with Gasteiger partial charge >= 0.3 is 0 Å². The predicted octanol–water partition coefficient (Wildman–Crippen LogP) is 4.66. The molecule has 2 nitrogen and oxygen atoms in total. The molecule has 0 aliphatic rings. The van der Waals surface area contributed by atoms with E-state index < -0.39 is 17.5 Å². The maximum absolute atomic E-state index is 13.6. The fourth-order valence-corrected chi connectivity index (χ4v) is 2.73. The quantitative estimate of drug-likeness (QED) is 0.788. The molecule has 1 aromatic carbocycles. The molecule has 1 N–H and O–H groups in total. The largest absolute Gasteiger partial charge is 0.319 e. The Labute approximate surface area is 121 Å². The van der Waals surface area contributed by atoms with Crippen LogP contribution in [0.2, 0.25) is 0 Å². The molecule has 2 aromatic rings. The van der Waals surface area contributed by atoms with E-state index in [0.717, 1.165) is 22.6 Å². The first-order valence-corrected chi connectivity index (χ1v) is 7.02. The average Bonchev–Trinajstić information content (AvgIpc) is 2.67. The van der Waals surface area contributed by atoms with E-state index in [9.17, 15) is 13.6 Å². The number of rotatable bonds is 2. The molecular formula is C13H10BrF2NOS. The molecule has 100 valence electrons. The summed E-state index contributed by atoms with van der Waals surface area (Å²) >= 11 is 4.20. The van der Waals surface area contributed by atoms with Gasteiger partial charge in [0.05, 0.1) is 15.0 Å². The van der Waals surface area contributed by atoms with Crippen LogP contribution in [0.4, 0.5) is 14.5 Å². The molecule has 0 unspecified atom stereocenters. The molecule has 1 amide bonds. The zero-order valence-corrected chi connectivity index (χ0v) is 12.6. The summed E-state index contributed by atoms with van der Waals surface area (Å²) in [6, 6.07) is 3.66. The van der Waals surface area contributed by atoms with Crippen LogP contribution >= 0.6 is 27.3 Å². The zero-order chi connectivity index (χ0) is 14.2. The highest BCUT2D eigenvalue weighted by Crippen LogP contribution is 2.25. The minimum atomic E-state index is -0.688. The van der Waals surface area contributed by atoms with Crippen molar-refractivity contribution in [2.75, 3.05) is 5.32 Å². The Bertz CT molecular complexity index is 635. The third-order valence-corrected chi connectivity index (χ3v) is 4.41. The summed E-state index contributed by atoms with van der Waals surface area (Å²) in [5.74, 6) is -1.76. The minimum absolute atomic E-state index is 0.0193. The van der Waals surface area contributed by atoms with Crippen LogP contribution in [-0.2, 0) is 0 Å². The molecule has 0 aliphatic heterocycles. The third-order valence-electron chi connectivity index (χ3n) is 2.65. The Morgan fingerprint density at radius 2 is 1.89 bits per heavy atom. The fourth-order valence-electron chi connectivity index (χ4n) is 1.49. The summed E-state index contributed by atoms with van der Waals surface area (Å²) in [5.41, 5.74) is 0.826. The van der Waals surface area contributed by atoms with Gasteiger partial charge in [0.15, 0.2) is 0 Å². The van der Waals surface area contributed by atoms with Crippen molar-refractivity contribution in [1.29, 1.82) is 0 Å². The highest BCUT2D eigenvalue weighted by atomic mass is 79.9. The number of benzene rings is 1. The van der Waals surface area contributed by atoms with Crippen molar-refractivity contribution in [3.63, 3.8) is 0 Å². The Morgan fingerprint density at radius 1 is 1.21 bits per heavy atom. The Hall–Kier alpha value is -1.27. The van der Waals surface area contributed by atoms with Crippen molar-refractivity contribution in [2.45, 2.75) is 13.8 Å². The number of carbonyl (C=O) groups excluding carboxylic acids is 1. The molecule has 6 heteroatoms. The third kappa shape index (κ3) is 3.01. The molecule has 0 fully saturated rings. The molecular weight excluding hydrogens is 336 g/mol. The average molecular weight is 346 g/mol. The van der Waals surface area contributed by atoms with Crippen LogP contribution in [0.3, 0.4) is 0 Å². The van der Waals surface area contributed by atoms with Crippen LogP contribution in [-0.4, -0.2) is 5.91 Å². The lowest BCUT2D eigenvalue weighted by Gasteiger charge is -2.06. The smallest absolute Gasteiger partial charge is 0.265 e. The SMILES string of the molecule is Cc1cc(C(=O)Nc2cc(F)c(Br)cc2F)sc1C. The van der Waals surface area contributed by atoms with Gasteiger partial charge in [0.25, 0.3) is 5.91 Å². The number of halogens is 3. The van der Waals surface area contributed by atoms with E-state index >= 15 is 0 Å². The number of hydrogen-bond donors (Lipinski definition) is 1. The molecule has 1 aromatic heterocycles. The lowest BCUT2D eigenvalue weighted by Crippen LogP contribution is -2.11. The molecule has 1 heterocycles. The van der Waals surface area contributed by atoms with Crippen LogP contribution < -0.4 is 5.32 Å². The van der Waals surface area contributed by atoms with Crippen molar-refractivity contribution < 1.29 is 13.6 Å². The van der Waals surface area contributed by atoms with E-state index in [1.807, 2.05) is 13.8 Å². The molecule has 0 radical (unpaired) electrons. The lowest BCUT2D eigenvalue weighted by molar-refractivity contribution is 0.103. The Balaban J connectivity index is 2.26. The van der Waals surface area contributed by atoms with E-state index in [2.05, 4.69) is 21.2 Å². The first kappa shape index (κ1) is 14.1. The van der Waals surface area contributed by atoms with E-state index in [1.165, 1.54) is 11.3 Å². The van der Waals surface area contributed by atoms with Crippen LogP contribution in [0, 0.1) is 25.5 Å². The van der Waals surface area contributed by atoms with Gasteiger partial charge in [0.1, 0.15) is 11.6 Å². The number of anilines is 1.